The number of rotatable bonds is 4. The van der Waals surface area contributed by atoms with Crippen LogP contribution in [0.1, 0.15) is 32.0 Å². The molecule has 3 heteroatoms. The van der Waals surface area contributed by atoms with Gasteiger partial charge in [-0.15, -0.1) is 0 Å². The maximum absolute atomic E-state index is 4.13. The van der Waals surface area contributed by atoms with Crippen LogP contribution in [0.2, 0.25) is 0 Å². The van der Waals surface area contributed by atoms with Crippen molar-refractivity contribution in [3.05, 3.63) is 18.2 Å². The molecule has 0 aliphatic carbocycles. The smallest absolute Gasteiger partial charge is 0.0946 e. The zero-order valence-electron chi connectivity index (χ0n) is 8.91. The lowest BCUT2D eigenvalue weighted by molar-refractivity contribution is 0.385. The van der Waals surface area contributed by atoms with Gasteiger partial charge in [0.25, 0.3) is 0 Å². The maximum Gasteiger partial charge on any atom is 0.0946 e. The van der Waals surface area contributed by atoms with Crippen LogP contribution in [0.4, 0.5) is 0 Å². The number of nitrogens with zero attached hydrogens (tertiary/aromatic N) is 2. The number of imidazole rings is 1. The molecule has 74 valence electrons. The SMILES string of the molecule is CCC(C)C(NC)c1cncn1C. The van der Waals surface area contributed by atoms with E-state index in [1.165, 1.54) is 12.1 Å². The average Bonchev–Trinajstić information content (AvgIpc) is 2.53. The van der Waals surface area contributed by atoms with Gasteiger partial charge in [-0.3, -0.25) is 0 Å². The standard InChI is InChI=1S/C10H19N3/c1-5-8(2)10(11-3)9-6-12-7-13(9)4/h6-8,10-11H,5H2,1-4H3. The summed E-state index contributed by atoms with van der Waals surface area (Å²) in [7, 11) is 4.04. The molecule has 1 aromatic heterocycles. The molecule has 1 rings (SSSR count). The average molecular weight is 181 g/mol. The summed E-state index contributed by atoms with van der Waals surface area (Å²) in [4.78, 5) is 4.13. The van der Waals surface area contributed by atoms with E-state index in [0.717, 1.165) is 0 Å². The summed E-state index contributed by atoms with van der Waals surface area (Å²) in [5, 5.41) is 3.34. The molecule has 0 fully saturated rings. The van der Waals surface area contributed by atoms with Gasteiger partial charge in [-0.05, 0) is 13.0 Å². The molecule has 0 aliphatic heterocycles. The molecule has 0 spiro atoms. The Hall–Kier alpha value is -0.830. The first-order valence-electron chi connectivity index (χ1n) is 4.84. The Balaban J connectivity index is 2.84. The molecule has 0 aromatic carbocycles. The van der Waals surface area contributed by atoms with Crippen molar-refractivity contribution in [2.45, 2.75) is 26.3 Å². The molecule has 3 nitrogen and oxygen atoms in total. The molecule has 0 saturated carbocycles. The van der Waals surface area contributed by atoms with Gasteiger partial charge in [0.15, 0.2) is 0 Å². The molecule has 2 unspecified atom stereocenters. The first-order chi connectivity index (χ1) is 6.20. The van der Waals surface area contributed by atoms with Crippen molar-refractivity contribution in [3.63, 3.8) is 0 Å². The first kappa shape index (κ1) is 10.3. The van der Waals surface area contributed by atoms with Gasteiger partial charge in [0.1, 0.15) is 0 Å². The highest BCUT2D eigenvalue weighted by molar-refractivity contribution is 5.05. The summed E-state index contributed by atoms with van der Waals surface area (Å²) in [6, 6.07) is 0.414. The molecule has 1 aromatic rings. The Morgan fingerprint density at radius 3 is 2.69 bits per heavy atom. The van der Waals surface area contributed by atoms with Crippen molar-refractivity contribution < 1.29 is 0 Å². The second-order valence-electron chi connectivity index (χ2n) is 3.58. The van der Waals surface area contributed by atoms with E-state index < -0.39 is 0 Å². The highest BCUT2D eigenvalue weighted by Gasteiger charge is 2.18. The fourth-order valence-electron chi connectivity index (χ4n) is 1.63. The predicted molar refractivity (Wildman–Crippen MR) is 54.5 cm³/mol. The van der Waals surface area contributed by atoms with Crippen LogP contribution >= 0.6 is 0 Å². The van der Waals surface area contributed by atoms with Crippen LogP contribution in [-0.2, 0) is 7.05 Å². The van der Waals surface area contributed by atoms with Crippen molar-refractivity contribution >= 4 is 0 Å². The molecule has 13 heavy (non-hydrogen) atoms. The van der Waals surface area contributed by atoms with Crippen LogP contribution in [0.5, 0.6) is 0 Å². The lowest BCUT2D eigenvalue weighted by Gasteiger charge is -2.22. The zero-order chi connectivity index (χ0) is 9.84. The normalized spacial score (nSPS) is 15.7. The summed E-state index contributed by atoms with van der Waals surface area (Å²) >= 11 is 0. The largest absolute Gasteiger partial charge is 0.336 e. The monoisotopic (exact) mass is 181 g/mol. The maximum atomic E-state index is 4.13. The van der Waals surface area contributed by atoms with Gasteiger partial charge in [-0.25, -0.2) is 4.98 Å². The van der Waals surface area contributed by atoms with Crippen LogP contribution in [0.3, 0.4) is 0 Å². The van der Waals surface area contributed by atoms with Crippen LogP contribution < -0.4 is 5.32 Å². The van der Waals surface area contributed by atoms with E-state index >= 15 is 0 Å². The van der Waals surface area contributed by atoms with Gasteiger partial charge >= 0.3 is 0 Å². The van der Waals surface area contributed by atoms with Crippen molar-refractivity contribution in [2.75, 3.05) is 7.05 Å². The Kier molecular flexibility index (Phi) is 3.48. The van der Waals surface area contributed by atoms with Gasteiger partial charge in [0, 0.05) is 13.2 Å². The van der Waals surface area contributed by atoms with Gasteiger partial charge < -0.3 is 9.88 Å². The first-order valence-corrected chi connectivity index (χ1v) is 4.84. The summed E-state index contributed by atoms with van der Waals surface area (Å²) in [5.74, 6) is 0.639. The third-order valence-corrected chi connectivity index (χ3v) is 2.70. The lowest BCUT2D eigenvalue weighted by atomic mass is 9.97. The molecule has 0 amide bonds. The predicted octanol–water partition coefficient (Wildman–Crippen LogP) is 1.73. The quantitative estimate of drug-likeness (QED) is 0.766. The number of hydrogen-bond donors (Lipinski definition) is 1. The van der Waals surface area contributed by atoms with Crippen molar-refractivity contribution in [2.24, 2.45) is 13.0 Å². The highest BCUT2D eigenvalue weighted by atomic mass is 15.1. The van der Waals surface area contributed by atoms with E-state index in [1.54, 1.807) is 0 Å². The third kappa shape index (κ3) is 2.10. The molecule has 0 aliphatic rings. The summed E-state index contributed by atoms with van der Waals surface area (Å²) in [6.45, 7) is 4.47. The number of hydrogen-bond acceptors (Lipinski definition) is 2. The Morgan fingerprint density at radius 2 is 2.31 bits per heavy atom. The van der Waals surface area contributed by atoms with E-state index in [0.29, 0.717) is 12.0 Å². The minimum atomic E-state index is 0.414. The van der Waals surface area contributed by atoms with E-state index in [-0.39, 0.29) is 0 Å². The Labute approximate surface area is 80.2 Å². The van der Waals surface area contributed by atoms with Crippen LogP contribution in [-0.4, -0.2) is 16.6 Å². The molecule has 1 N–H and O–H groups in total. The molecule has 0 radical (unpaired) electrons. The summed E-state index contributed by atoms with van der Waals surface area (Å²) in [5.41, 5.74) is 1.26. The van der Waals surface area contributed by atoms with Gasteiger partial charge in [-0.2, -0.15) is 0 Å². The zero-order valence-corrected chi connectivity index (χ0v) is 8.91. The second kappa shape index (κ2) is 4.42. The molecule has 2 atom stereocenters. The minimum Gasteiger partial charge on any atom is -0.336 e. The van der Waals surface area contributed by atoms with Crippen LogP contribution in [0.25, 0.3) is 0 Å². The van der Waals surface area contributed by atoms with E-state index in [9.17, 15) is 0 Å². The Morgan fingerprint density at radius 1 is 1.62 bits per heavy atom. The van der Waals surface area contributed by atoms with E-state index in [2.05, 4.69) is 28.7 Å². The number of nitrogens with one attached hydrogen (secondary N) is 1. The van der Waals surface area contributed by atoms with Crippen LogP contribution in [0, 0.1) is 5.92 Å². The molecule has 0 bridgehead atoms. The Bertz CT molecular complexity index is 254. The molecule has 0 saturated heterocycles. The minimum absolute atomic E-state index is 0.414. The third-order valence-electron chi connectivity index (χ3n) is 2.70. The van der Waals surface area contributed by atoms with Crippen molar-refractivity contribution in [3.8, 4) is 0 Å². The summed E-state index contributed by atoms with van der Waals surface area (Å²) < 4.78 is 2.08. The molecular weight excluding hydrogens is 162 g/mol. The highest BCUT2D eigenvalue weighted by Crippen LogP contribution is 2.22. The van der Waals surface area contributed by atoms with Gasteiger partial charge in [0.05, 0.1) is 18.1 Å². The number of aryl methyl sites for hydroxylation is 1. The second-order valence-corrected chi connectivity index (χ2v) is 3.58. The number of aromatic nitrogens is 2. The van der Waals surface area contributed by atoms with Gasteiger partial charge in [0.2, 0.25) is 0 Å². The molecular formula is C10H19N3. The van der Waals surface area contributed by atoms with Crippen molar-refractivity contribution in [1.82, 2.24) is 14.9 Å². The van der Waals surface area contributed by atoms with E-state index in [1.807, 2.05) is 26.6 Å². The van der Waals surface area contributed by atoms with Crippen LogP contribution in [0.15, 0.2) is 12.5 Å². The van der Waals surface area contributed by atoms with Crippen molar-refractivity contribution in [1.29, 1.82) is 0 Å². The molecule has 1 heterocycles. The fourth-order valence-corrected chi connectivity index (χ4v) is 1.63. The topological polar surface area (TPSA) is 29.9 Å². The van der Waals surface area contributed by atoms with Gasteiger partial charge in [-0.1, -0.05) is 20.3 Å². The van der Waals surface area contributed by atoms with E-state index in [4.69, 9.17) is 0 Å². The lowest BCUT2D eigenvalue weighted by Crippen LogP contribution is -2.25. The fraction of sp³-hybridized carbons (Fsp3) is 0.700. The summed E-state index contributed by atoms with van der Waals surface area (Å²) in [6.07, 6.45) is 4.96.